The molecule has 0 aliphatic carbocycles. The summed E-state index contributed by atoms with van der Waals surface area (Å²) in [5.74, 6) is -0.610. The van der Waals surface area contributed by atoms with Crippen LogP contribution in [0.5, 0.6) is 0 Å². The second-order valence-electron chi connectivity index (χ2n) is 11.5. The average molecular weight is 607 g/mol. The zero-order valence-corrected chi connectivity index (χ0v) is 27.2. The number of hydrogen-bond donors (Lipinski definition) is 4. The first-order chi connectivity index (χ1) is 20.8. The summed E-state index contributed by atoms with van der Waals surface area (Å²) in [7, 11) is 8.05. The maximum Gasteiger partial charge on any atom is 0.161 e. The monoisotopic (exact) mass is 606 g/mol. The number of likely N-dealkylation sites (N-methyl/N-ethyl adjacent to an activating group) is 2. The molecular formula is C32H46N8O4. The zero-order chi connectivity index (χ0) is 32.6. The highest BCUT2D eigenvalue weighted by Gasteiger charge is 2.28. The van der Waals surface area contributed by atoms with Gasteiger partial charge in [0.2, 0.25) is 0 Å². The van der Waals surface area contributed by atoms with Gasteiger partial charge in [0, 0.05) is 90.8 Å². The molecule has 44 heavy (non-hydrogen) atoms. The molecule has 0 aliphatic heterocycles. The predicted molar refractivity (Wildman–Crippen MR) is 177 cm³/mol. The number of carbonyl (C=O) groups excluding carboxylic acids is 4. The fourth-order valence-corrected chi connectivity index (χ4v) is 5.21. The minimum atomic E-state index is -0.420. The lowest BCUT2D eigenvalue weighted by atomic mass is 9.84. The molecule has 12 nitrogen and oxygen atoms in total. The van der Waals surface area contributed by atoms with Gasteiger partial charge >= 0.3 is 0 Å². The van der Waals surface area contributed by atoms with Crippen LogP contribution >= 0.6 is 0 Å². The molecule has 0 saturated carbocycles. The van der Waals surface area contributed by atoms with Crippen LogP contribution in [0.25, 0.3) is 21.5 Å². The van der Waals surface area contributed by atoms with Crippen LogP contribution in [-0.2, 0) is 0 Å². The number of aromatic nitrogens is 2. The molecule has 0 bridgehead atoms. The van der Waals surface area contributed by atoms with Crippen LogP contribution in [0.4, 0.5) is 11.6 Å². The summed E-state index contributed by atoms with van der Waals surface area (Å²) in [6, 6.07) is 3.42. The molecule has 3 rings (SSSR count). The molecule has 0 saturated heterocycles. The first-order valence-corrected chi connectivity index (χ1v) is 14.9. The zero-order valence-electron chi connectivity index (χ0n) is 27.2. The van der Waals surface area contributed by atoms with Gasteiger partial charge in [-0.1, -0.05) is 0 Å². The van der Waals surface area contributed by atoms with Gasteiger partial charge in [0.05, 0.1) is 0 Å². The Labute approximate surface area is 259 Å². The Morgan fingerprint density at radius 3 is 1.57 bits per heavy atom. The molecule has 0 radical (unpaired) electrons. The first-order valence-electron chi connectivity index (χ1n) is 14.9. The fraction of sp³-hybridized carbons (Fsp3) is 0.500. The maximum absolute atomic E-state index is 13.5. The summed E-state index contributed by atoms with van der Waals surface area (Å²) in [4.78, 5) is 56.4. The van der Waals surface area contributed by atoms with Crippen molar-refractivity contribution in [3.05, 3.63) is 34.4 Å². The quantitative estimate of drug-likeness (QED) is 0.0958. The van der Waals surface area contributed by atoms with Gasteiger partial charge in [0.25, 0.3) is 0 Å². The number of ketones is 4. The molecule has 4 N–H and O–H groups in total. The van der Waals surface area contributed by atoms with E-state index in [-0.39, 0.29) is 33.8 Å². The lowest BCUT2D eigenvalue weighted by Gasteiger charge is -2.20. The lowest BCUT2D eigenvalue weighted by Crippen LogP contribution is -2.30. The summed E-state index contributed by atoms with van der Waals surface area (Å²) < 4.78 is 0. The van der Waals surface area contributed by atoms with E-state index in [9.17, 15) is 19.2 Å². The maximum atomic E-state index is 13.5. The highest BCUT2D eigenvalue weighted by Crippen LogP contribution is 2.39. The second kappa shape index (κ2) is 15.8. The third-order valence-corrected chi connectivity index (χ3v) is 7.26. The van der Waals surface area contributed by atoms with Crippen molar-refractivity contribution in [2.75, 3.05) is 91.2 Å². The summed E-state index contributed by atoms with van der Waals surface area (Å²) in [6.07, 6.45) is 0. The molecular weight excluding hydrogens is 560 g/mol. The van der Waals surface area contributed by atoms with Gasteiger partial charge in [-0.15, -0.1) is 10.2 Å². The number of rotatable bonds is 18. The molecule has 2 aromatic carbocycles. The highest BCUT2D eigenvalue weighted by molar-refractivity contribution is 6.29. The van der Waals surface area contributed by atoms with E-state index in [2.05, 4.69) is 41.3 Å². The Morgan fingerprint density at radius 1 is 0.591 bits per heavy atom. The van der Waals surface area contributed by atoms with Crippen molar-refractivity contribution < 1.29 is 19.2 Å². The van der Waals surface area contributed by atoms with E-state index in [1.54, 1.807) is 6.07 Å². The summed E-state index contributed by atoms with van der Waals surface area (Å²) >= 11 is 0. The number of Topliss-reactive ketones (excluding diaryl/α,β-unsaturated/α-hetero) is 4. The van der Waals surface area contributed by atoms with Crippen molar-refractivity contribution in [2.24, 2.45) is 0 Å². The van der Waals surface area contributed by atoms with Gasteiger partial charge in [-0.3, -0.25) is 19.2 Å². The number of carbonyl (C=O) groups is 4. The van der Waals surface area contributed by atoms with Crippen molar-refractivity contribution in [1.82, 2.24) is 30.6 Å². The first kappa shape index (κ1) is 34.6. The second-order valence-corrected chi connectivity index (χ2v) is 11.5. The lowest BCUT2D eigenvalue weighted by molar-refractivity contribution is 0.0969. The van der Waals surface area contributed by atoms with Crippen molar-refractivity contribution >= 4 is 56.3 Å². The molecule has 0 atom stereocenters. The fourth-order valence-electron chi connectivity index (χ4n) is 5.21. The molecule has 0 fully saturated rings. The Hall–Kier alpha value is -3.84. The predicted octanol–water partition coefficient (Wildman–Crippen LogP) is 2.72. The van der Waals surface area contributed by atoms with Crippen LogP contribution in [0.3, 0.4) is 0 Å². The van der Waals surface area contributed by atoms with E-state index in [1.807, 2.05) is 34.3 Å². The Kier molecular flexibility index (Phi) is 12.4. The van der Waals surface area contributed by atoms with E-state index >= 15 is 0 Å². The van der Waals surface area contributed by atoms with E-state index in [4.69, 9.17) is 0 Å². The van der Waals surface area contributed by atoms with Gasteiger partial charge in [0.1, 0.15) is 0 Å². The molecule has 0 unspecified atom stereocenters. The number of nitrogens with zero attached hydrogens (tertiary/aromatic N) is 4. The van der Waals surface area contributed by atoms with Gasteiger partial charge in [-0.25, -0.2) is 0 Å². The van der Waals surface area contributed by atoms with Crippen LogP contribution < -0.4 is 21.3 Å². The minimum Gasteiger partial charge on any atom is -0.367 e. The smallest absolute Gasteiger partial charge is 0.161 e. The van der Waals surface area contributed by atoms with Gasteiger partial charge < -0.3 is 31.1 Å². The molecule has 1 heterocycles. The highest BCUT2D eigenvalue weighted by atomic mass is 16.1. The van der Waals surface area contributed by atoms with Crippen molar-refractivity contribution in [1.29, 1.82) is 0 Å². The third-order valence-electron chi connectivity index (χ3n) is 7.26. The normalized spacial score (nSPS) is 11.5. The molecule has 0 amide bonds. The van der Waals surface area contributed by atoms with E-state index < -0.39 is 11.6 Å². The minimum absolute atomic E-state index is 0.0307. The average Bonchev–Trinajstić information content (AvgIpc) is 2.94. The van der Waals surface area contributed by atoms with Crippen LogP contribution in [0.15, 0.2) is 12.1 Å². The van der Waals surface area contributed by atoms with Crippen LogP contribution in [0.2, 0.25) is 0 Å². The van der Waals surface area contributed by atoms with Crippen LogP contribution in [0, 0.1) is 0 Å². The van der Waals surface area contributed by atoms with Crippen molar-refractivity contribution in [3.63, 3.8) is 0 Å². The van der Waals surface area contributed by atoms with Gasteiger partial charge in [0.15, 0.2) is 34.8 Å². The Morgan fingerprint density at radius 2 is 1.09 bits per heavy atom. The Bertz CT molecular complexity index is 1550. The molecule has 0 aliphatic rings. The molecule has 0 spiro atoms. The third kappa shape index (κ3) is 8.41. The molecule has 238 valence electrons. The number of anilines is 2. The van der Waals surface area contributed by atoms with E-state index in [1.165, 1.54) is 27.7 Å². The summed E-state index contributed by atoms with van der Waals surface area (Å²) in [6.45, 7) is 11.3. The number of hydrogen-bond acceptors (Lipinski definition) is 12. The summed E-state index contributed by atoms with van der Waals surface area (Å²) in [5, 5.41) is 24.3. The van der Waals surface area contributed by atoms with Crippen molar-refractivity contribution in [2.45, 2.75) is 27.7 Å². The Balaban J connectivity index is 2.23. The van der Waals surface area contributed by atoms with Crippen LogP contribution in [-0.4, -0.2) is 124 Å². The van der Waals surface area contributed by atoms with Gasteiger partial charge in [-0.05, 0) is 73.4 Å². The van der Waals surface area contributed by atoms with Crippen LogP contribution in [0.1, 0.15) is 69.1 Å². The molecule has 3 aromatic rings. The topological polar surface area (TPSA) is 149 Å². The standard InChI is InChI=1S/C32H46N8O4/c1-19(41)24-17-23-18-25-30(28(22(4)44)29(23)27(21(3)43)26(24)20(2)42)32(36-12-10-34-14-16-40(7)8)38-37-31(25)35-11-9-33-13-15-39(5)6/h17-18,33-34H,9-16H2,1-8H3,(H,35,37)(H,36,38). The van der Waals surface area contributed by atoms with E-state index in [0.29, 0.717) is 59.4 Å². The van der Waals surface area contributed by atoms with Gasteiger partial charge in [-0.2, -0.15) is 0 Å². The number of benzene rings is 2. The SMILES string of the molecule is CC(=O)c1cc2cc3c(NCCNCCN(C)C)nnc(NCCNCCN(C)C)c3c(C(C)=O)c2c(C(C)=O)c1C(C)=O. The molecule has 1 aromatic heterocycles. The molecule has 12 heteroatoms. The number of fused-ring (bicyclic) bond motifs is 2. The number of nitrogens with one attached hydrogen (secondary N) is 4. The van der Waals surface area contributed by atoms with E-state index in [0.717, 1.165) is 26.2 Å². The van der Waals surface area contributed by atoms with Crippen molar-refractivity contribution in [3.8, 4) is 0 Å². The summed E-state index contributed by atoms with van der Waals surface area (Å²) in [5.41, 5.74) is 0.501. The largest absolute Gasteiger partial charge is 0.367 e.